The van der Waals surface area contributed by atoms with Gasteiger partial charge in [-0.05, 0) is 6.08 Å². The van der Waals surface area contributed by atoms with E-state index in [1.807, 2.05) is 5.32 Å². The van der Waals surface area contributed by atoms with Crippen molar-refractivity contribution in [3.05, 3.63) is 24.6 Å². The number of hydrogen-bond donors (Lipinski definition) is 2. The van der Waals surface area contributed by atoms with Crippen molar-refractivity contribution in [1.29, 1.82) is 0 Å². The number of hydrogen-bond acceptors (Lipinski definition) is 3. The number of rotatable bonds is 4. The lowest BCUT2D eigenvalue weighted by molar-refractivity contribution is -0.110. The first-order valence-corrected chi connectivity index (χ1v) is 3.02. The standard InChI is InChI=1S/C7H9NO4/c1-3-5(9)4-6(12-2)8-7(10)11/h3-4,8H,1H2,2H3,(H,10,11). The van der Waals surface area contributed by atoms with Crippen LogP contribution in [0.15, 0.2) is 24.6 Å². The minimum atomic E-state index is -1.29. The summed E-state index contributed by atoms with van der Waals surface area (Å²) in [6, 6.07) is 0. The molecule has 0 radical (unpaired) electrons. The molecule has 0 bridgehead atoms. The Kier molecular flexibility index (Phi) is 4.21. The molecule has 5 heteroatoms. The summed E-state index contributed by atoms with van der Waals surface area (Å²) in [6.07, 6.45) is 0.740. The molecule has 2 N–H and O–H groups in total. The monoisotopic (exact) mass is 171 g/mol. The first-order chi connectivity index (χ1) is 5.60. The Morgan fingerprint density at radius 3 is 2.50 bits per heavy atom. The molecule has 12 heavy (non-hydrogen) atoms. The van der Waals surface area contributed by atoms with Crippen LogP contribution in [0.25, 0.3) is 0 Å². The van der Waals surface area contributed by atoms with Crippen LogP contribution in [-0.4, -0.2) is 24.1 Å². The van der Waals surface area contributed by atoms with Gasteiger partial charge in [-0.2, -0.15) is 0 Å². The van der Waals surface area contributed by atoms with E-state index in [9.17, 15) is 9.59 Å². The van der Waals surface area contributed by atoms with E-state index in [0.717, 1.165) is 12.2 Å². The maximum Gasteiger partial charge on any atom is 0.411 e. The molecule has 0 aromatic rings. The molecule has 0 fully saturated rings. The fourth-order valence-corrected chi connectivity index (χ4v) is 0.440. The zero-order valence-corrected chi connectivity index (χ0v) is 6.53. The van der Waals surface area contributed by atoms with Crippen molar-refractivity contribution >= 4 is 11.9 Å². The van der Waals surface area contributed by atoms with E-state index in [1.165, 1.54) is 7.11 Å². The van der Waals surface area contributed by atoms with Crippen molar-refractivity contribution in [3.8, 4) is 0 Å². The molecule has 0 saturated carbocycles. The third kappa shape index (κ3) is 4.10. The normalized spacial score (nSPS) is 10.2. The highest BCUT2D eigenvalue weighted by molar-refractivity contribution is 5.99. The third-order valence-corrected chi connectivity index (χ3v) is 0.925. The van der Waals surface area contributed by atoms with E-state index in [2.05, 4.69) is 11.3 Å². The van der Waals surface area contributed by atoms with Gasteiger partial charge in [0.15, 0.2) is 11.7 Å². The van der Waals surface area contributed by atoms with Gasteiger partial charge in [0.1, 0.15) is 0 Å². The van der Waals surface area contributed by atoms with Gasteiger partial charge in [0.05, 0.1) is 7.11 Å². The summed E-state index contributed by atoms with van der Waals surface area (Å²) in [5.41, 5.74) is 0. The molecule has 5 nitrogen and oxygen atoms in total. The zero-order chi connectivity index (χ0) is 9.56. The second-order valence-electron chi connectivity index (χ2n) is 1.75. The van der Waals surface area contributed by atoms with Crippen LogP contribution in [0.5, 0.6) is 0 Å². The van der Waals surface area contributed by atoms with Gasteiger partial charge >= 0.3 is 6.09 Å². The number of methoxy groups -OCH3 is 1. The number of carbonyl (C=O) groups excluding carboxylic acids is 1. The van der Waals surface area contributed by atoms with Crippen molar-refractivity contribution in [2.75, 3.05) is 7.11 Å². The van der Waals surface area contributed by atoms with Gasteiger partial charge in [0.25, 0.3) is 0 Å². The van der Waals surface area contributed by atoms with Gasteiger partial charge in [0.2, 0.25) is 0 Å². The van der Waals surface area contributed by atoms with E-state index in [0.29, 0.717) is 0 Å². The Morgan fingerprint density at radius 1 is 1.58 bits per heavy atom. The summed E-state index contributed by atoms with van der Waals surface area (Å²) in [4.78, 5) is 20.7. The largest absolute Gasteiger partial charge is 0.482 e. The average molecular weight is 171 g/mol. The molecule has 0 aromatic carbocycles. The van der Waals surface area contributed by atoms with Crippen LogP contribution < -0.4 is 5.32 Å². The molecule has 0 rings (SSSR count). The Labute approximate surface area is 69.3 Å². The van der Waals surface area contributed by atoms with Gasteiger partial charge in [-0.1, -0.05) is 6.58 Å². The van der Waals surface area contributed by atoms with Crippen molar-refractivity contribution in [2.45, 2.75) is 0 Å². The number of ketones is 1. The van der Waals surface area contributed by atoms with Crippen LogP contribution in [0.4, 0.5) is 4.79 Å². The highest BCUT2D eigenvalue weighted by Crippen LogP contribution is 1.90. The highest BCUT2D eigenvalue weighted by Gasteiger charge is 2.01. The predicted molar refractivity (Wildman–Crippen MR) is 41.5 cm³/mol. The lowest BCUT2D eigenvalue weighted by atomic mass is 10.4. The Morgan fingerprint density at radius 2 is 2.17 bits per heavy atom. The molecule has 0 aliphatic carbocycles. The number of nitrogens with one attached hydrogen (secondary N) is 1. The van der Waals surface area contributed by atoms with Gasteiger partial charge < -0.3 is 9.84 Å². The molecule has 0 heterocycles. The van der Waals surface area contributed by atoms with Gasteiger partial charge in [-0.25, -0.2) is 4.79 Å². The molecular weight excluding hydrogens is 162 g/mol. The van der Waals surface area contributed by atoms with Gasteiger partial charge in [-0.3, -0.25) is 10.1 Å². The zero-order valence-electron chi connectivity index (χ0n) is 6.53. The summed E-state index contributed by atoms with van der Waals surface area (Å²) in [5.74, 6) is -0.562. The fourth-order valence-electron chi connectivity index (χ4n) is 0.440. The molecule has 0 atom stereocenters. The van der Waals surface area contributed by atoms with E-state index >= 15 is 0 Å². The maximum absolute atomic E-state index is 10.7. The first-order valence-electron chi connectivity index (χ1n) is 3.02. The average Bonchev–Trinajstić information content (AvgIpc) is 2.02. The molecule has 0 unspecified atom stereocenters. The minimum absolute atomic E-state index is 0.132. The topological polar surface area (TPSA) is 75.6 Å². The third-order valence-electron chi connectivity index (χ3n) is 0.925. The van der Waals surface area contributed by atoms with Crippen molar-refractivity contribution in [3.63, 3.8) is 0 Å². The van der Waals surface area contributed by atoms with E-state index in [1.54, 1.807) is 0 Å². The second-order valence-corrected chi connectivity index (χ2v) is 1.75. The molecule has 0 aliphatic rings. The first kappa shape index (κ1) is 10.2. The van der Waals surface area contributed by atoms with Crippen LogP contribution in [-0.2, 0) is 9.53 Å². The minimum Gasteiger partial charge on any atom is -0.482 e. The van der Waals surface area contributed by atoms with Crippen LogP contribution >= 0.6 is 0 Å². The fraction of sp³-hybridized carbons (Fsp3) is 0.143. The van der Waals surface area contributed by atoms with E-state index in [-0.39, 0.29) is 5.88 Å². The van der Waals surface area contributed by atoms with Crippen molar-refractivity contribution < 1.29 is 19.4 Å². The van der Waals surface area contributed by atoms with Gasteiger partial charge in [0, 0.05) is 6.08 Å². The lowest BCUT2D eigenvalue weighted by Gasteiger charge is -2.02. The SMILES string of the molecule is C=CC(=O)C=C(NC(=O)O)OC. The van der Waals surface area contributed by atoms with Crippen LogP contribution in [0.3, 0.4) is 0 Å². The molecule has 0 spiro atoms. The van der Waals surface area contributed by atoms with Crippen molar-refractivity contribution in [2.24, 2.45) is 0 Å². The maximum atomic E-state index is 10.7. The number of allylic oxidation sites excluding steroid dienone is 2. The van der Waals surface area contributed by atoms with Gasteiger partial charge in [-0.15, -0.1) is 0 Å². The van der Waals surface area contributed by atoms with Crippen LogP contribution in [0.2, 0.25) is 0 Å². The summed E-state index contributed by atoms with van der Waals surface area (Å²) >= 11 is 0. The number of carboxylic acid groups (broad SMARTS) is 1. The molecular formula is C7H9NO4. The van der Waals surface area contributed by atoms with E-state index in [4.69, 9.17) is 5.11 Å². The number of ether oxygens (including phenoxy) is 1. The highest BCUT2D eigenvalue weighted by atomic mass is 16.5. The predicted octanol–water partition coefficient (Wildman–Crippen LogP) is 0.497. The lowest BCUT2D eigenvalue weighted by Crippen LogP contribution is -2.21. The summed E-state index contributed by atoms with van der Waals surface area (Å²) < 4.78 is 4.53. The Bertz CT molecular complexity index is 232. The molecule has 0 aromatic heterocycles. The Hall–Kier alpha value is -1.78. The Balaban J connectivity index is 4.32. The molecule has 0 saturated heterocycles. The molecule has 1 amide bonds. The molecule has 66 valence electrons. The summed E-state index contributed by atoms with van der Waals surface area (Å²) in [7, 11) is 1.25. The number of carbonyl (C=O) groups is 2. The second kappa shape index (κ2) is 4.95. The smallest absolute Gasteiger partial charge is 0.411 e. The molecule has 0 aliphatic heterocycles. The van der Waals surface area contributed by atoms with E-state index < -0.39 is 11.9 Å². The number of amides is 1. The van der Waals surface area contributed by atoms with Crippen LogP contribution in [0.1, 0.15) is 0 Å². The summed E-state index contributed by atoms with van der Waals surface area (Å²) in [6.45, 7) is 3.20. The summed E-state index contributed by atoms with van der Waals surface area (Å²) in [5, 5.41) is 10.1. The van der Waals surface area contributed by atoms with Crippen molar-refractivity contribution in [1.82, 2.24) is 5.32 Å². The quantitative estimate of drug-likeness (QED) is 0.477. The van der Waals surface area contributed by atoms with Crippen LogP contribution in [0, 0.1) is 0 Å².